The number of rotatable bonds is 12. The van der Waals surface area contributed by atoms with Crippen molar-refractivity contribution in [1.29, 1.82) is 0 Å². The van der Waals surface area contributed by atoms with E-state index in [1.807, 2.05) is 18.2 Å². The summed E-state index contributed by atoms with van der Waals surface area (Å²) in [5.41, 5.74) is 6.09. The molecular formula is C38H46N2O2. The van der Waals surface area contributed by atoms with Crippen molar-refractivity contribution in [3.63, 3.8) is 0 Å². The monoisotopic (exact) mass is 562 g/mol. The Morgan fingerprint density at radius 2 is 1.48 bits per heavy atom. The van der Waals surface area contributed by atoms with E-state index in [9.17, 15) is 5.11 Å². The number of nitrogens with zero attached hydrogens (tertiary/aromatic N) is 2. The highest BCUT2D eigenvalue weighted by molar-refractivity contribution is 5.55. The standard InChI is InChI=1S/C38H46N2O2/c1-4-5-26-42-35-20-18-34(19-21-35)38(41,28-32-12-8-6-9-13-32)36(33-14-10-7-11-15-33)29-39-22-24-40(25-23-39)37-27-30(2)16-17-31(37)3/h6-21,27,36,41H,4-5,22-26,28-29H2,1-3H3/t36-,38-/m1/s1. The summed E-state index contributed by atoms with van der Waals surface area (Å²) in [6.45, 7) is 11.9. The molecule has 0 unspecified atom stereocenters. The van der Waals surface area contributed by atoms with Gasteiger partial charge in [-0.15, -0.1) is 0 Å². The molecule has 220 valence electrons. The first-order valence-corrected chi connectivity index (χ1v) is 15.6. The summed E-state index contributed by atoms with van der Waals surface area (Å²) in [6.07, 6.45) is 2.67. The van der Waals surface area contributed by atoms with E-state index in [4.69, 9.17) is 4.74 Å². The SMILES string of the molecule is CCCCOc1ccc([C@](O)(Cc2ccccc2)[C@H](CN2CCN(c3cc(C)ccc3C)CC2)c2ccccc2)cc1. The van der Waals surface area contributed by atoms with Gasteiger partial charge >= 0.3 is 0 Å². The third kappa shape index (κ3) is 7.24. The number of hydrogen-bond donors (Lipinski definition) is 1. The molecule has 5 rings (SSSR count). The van der Waals surface area contributed by atoms with Crippen LogP contribution in [0.2, 0.25) is 0 Å². The molecule has 4 aromatic rings. The Kier molecular flexibility index (Phi) is 9.99. The summed E-state index contributed by atoms with van der Waals surface area (Å²) in [7, 11) is 0. The van der Waals surface area contributed by atoms with E-state index < -0.39 is 5.60 Å². The van der Waals surface area contributed by atoms with E-state index in [2.05, 4.69) is 116 Å². The minimum absolute atomic E-state index is 0.113. The molecule has 0 aliphatic carbocycles. The van der Waals surface area contributed by atoms with Crippen LogP contribution in [0.4, 0.5) is 5.69 Å². The predicted octanol–water partition coefficient (Wildman–Crippen LogP) is 7.52. The number of benzene rings is 4. The van der Waals surface area contributed by atoms with Crippen molar-refractivity contribution in [2.24, 2.45) is 0 Å². The molecule has 1 fully saturated rings. The Morgan fingerprint density at radius 1 is 0.810 bits per heavy atom. The topological polar surface area (TPSA) is 35.9 Å². The van der Waals surface area contributed by atoms with Gasteiger partial charge in [-0.1, -0.05) is 98.3 Å². The molecule has 1 saturated heterocycles. The van der Waals surface area contributed by atoms with Crippen LogP contribution >= 0.6 is 0 Å². The molecular weight excluding hydrogens is 516 g/mol. The summed E-state index contributed by atoms with van der Waals surface area (Å²) < 4.78 is 5.97. The Balaban J connectivity index is 1.43. The summed E-state index contributed by atoms with van der Waals surface area (Å²) >= 11 is 0. The third-order valence-electron chi connectivity index (χ3n) is 8.73. The Bertz CT molecular complexity index is 1380. The third-order valence-corrected chi connectivity index (χ3v) is 8.73. The van der Waals surface area contributed by atoms with Crippen LogP contribution in [0.25, 0.3) is 0 Å². The van der Waals surface area contributed by atoms with Gasteiger partial charge in [-0.2, -0.15) is 0 Å². The van der Waals surface area contributed by atoms with Crippen molar-refractivity contribution >= 4 is 5.69 Å². The van der Waals surface area contributed by atoms with E-state index >= 15 is 0 Å². The Hall–Kier alpha value is -3.60. The maximum Gasteiger partial charge on any atom is 0.119 e. The van der Waals surface area contributed by atoms with E-state index in [1.54, 1.807) is 0 Å². The summed E-state index contributed by atoms with van der Waals surface area (Å²) in [5.74, 6) is 0.742. The Morgan fingerprint density at radius 3 is 2.14 bits per heavy atom. The fourth-order valence-corrected chi connectivity index (χ4v) is 6.21. The molecule has 1 aliphatic rings. The highest BCUT2D eigenvalue weighted by Gasteiger charge is 2.41. The zero-order chi connectivity index (χ0) is 29.4. The van der Waals surface area contributed by atoms with Gasteiger partial charge in [0.05, 0.1) is 6.61 Å². The van der Waals surface area contributed by atoms with Gasteiger partial charge in [0.1, 0.15) is 11.4 Å². The molecule has 0 radical (unpaired) electrons. The van der Waals surface area contributed by atoms with Crippen LogP contribution in [-0.4, -0.2) is 49.3 Å². The first kappa shape index (κ1) is 29.9. The molecule has 42 heavy (non-hydrogen) atoms. The molecule has 1 aliphatic heterocycles. The van der Waals surface area contributed by atoms with Crippen LogP contribution in [0, 0.1) is 13.8 Å². The number of unbranched alkanes of at least 4 members (excludes halogenated alkanes) is 1. The fraction of sp³-hybridized carbons (Fsp3) is 0.368. The van der Waals surface area contributed by atoms with Crippen LogP contribution in [-0.2, 0) is 12.0 Å². The minimum atomic E-state index is -1.10. The molecule has 0 spiro atoms. The van der Waals surface area contributed by atoms with Crippen molar-refractivity contribution in [3.8, 4) is 5.75 Å². The molecule has 0 saturated carbocycles. The zero-order valence-corrected chi connectivity index (χ0v) is 25.5. The van der Waals surface area contributed by atoms with Crippen molar-refractivity contribution in [3.05, 3.63) is 131 Å². The van der Waals surface area contributed by atoms with Crippen LogP contribution in [0.1, 0.15) is 53.5 Å². The average molecular weight is 563 g/mol. The van der Waals surface area contributed by atoms with Gasteiger partial charge in [0, 0.05) is 50.7 Å². The first-order valence-electron chi connectivity index (χ1n) is 15.6. The number of hydrogen-bond acceptors (Lipinski definition) is 4. The van der Waals surface area contributed by atoms with Crippen LogP contribution in [0.15, 0.2) is 103 Å². The highest BCUT2D eigenvalue weighted by Crippen LogP contribution is 2.41. The predicted molar refractivity (Wildman–Crippen MR) is 175 cm³/mol. The number of piperazine rings is 1. The first-order chi connectivity index (χ1) is 20.5. The lowest BCUT2D eigenvalue weighted by molar-refractivity contribution is -0.00554. The minimum Gasteiger partial charge on any atom is -0.494 e. The van der Waals surface area contributed by atoms with Gasteiger partial charge in [0.2, 0.25) is 0 Å². The summed E-state index contributed by atoms with van der Waals surface area (Å²) in [6, 6.07) is 35.9. The molecule has 0 aromatic heterocycles. The number of aliphatic hydroxyl groups is 1. The van der Waals surface area contributed by atoms with Crippen LogP contribution < -0.4 is 9.64 Å². The largest absolute Gasteiger partial charge is 0.494 e. The summed E-state index contributed by atoms with van der Waals surface area (Å²) in [5, 5.41) is 12.9. The molecule has 0 amide bonds. The van der Waals surface area contributed by atoms with Crippen molar-refractivity contribution in [2.75, 3.05) is 44.2 Å². The fourth-order valence-electron chi connectivity index (χ4n) is 6.21. The number of ether oxygens (including phenoxy) is 1. The molecule has 1 heterocycles. The lowest BCUT2D eigenvalue weighted by Gasteiger charge is -2.43. The van der Waals surface area contributed by atoms with E-state index in [0.29, 0.717) is 13.0 Å². The van der Waals surface area contributed by atoms with Crippen molar-refractivity contribution < 1.29 is 9.84 Å². The maximum atomic E-state index is 12.9. The second-order valence-corrected chi connectivity index (χ2v) is 11.9. The molecule has 4 nitrogen and oxygen atoms in total. The molecule has 4 aromatic carbocycles. The van der Waals surface area contributed by atoms with Gasteiger partial charge in [-0.3, -0.25) is 4.90 Å². The molecule has 1 N–H and O–H groups in total. The van der Waals surface area contributed by atoms with Gasteiger partial charge < -0.3 is 14.7 Å². The average Bonchev–Trinajstić information content (AvgIpc) is 3.02. The van der Waals surface area contributed by atoms with Crippen molar-refractivity contribution in [2.45, 2.75) is 51.6 Å². The van der Waals surface area contributed by atoms with E-state index in [-0.39, 0.29) is 5.92 Å². The van der Waals surface area contributed by atoms with Crippen molar-refractivity contribution in [1.82, 2.24) is 4.90 Å². The van der Waals surface area contributed by atoms with Crippen LogP contribution in [0.5, 0.6) is 5.75 Å². The summed E-state index contributed by atoms with van der Waals surface area (Å²) in [4.78, 5) is 5.06. The van der Waals surface area contributed by atoms with Crippen LogP contribution in [0.3, 0.4) is 0 Å². The van der Waals surface area contributed by atoms with E-state index in [1.165, 1.54) is 16.8 Å². The maximum absolute atomic E-state index is 12.9. The smallest absolute Gasteiger partial charge is 0.119 e. The Labute approximate surface area is 252 Å². The van der Waals surface area contributed by atoms with E-state index in [0.717, 1.165) is 68.0 Å². The number of aryl methyl sites for hydroxylation is 2. The lowest BCUT2D eigenvalue weighted by Crippen LogP contribution is -2.50. The second-order valence-electron chi connectivity index (χ2n) is 11.9. The normalized spacial score (nSPS) is 16.1. The highest BCUT2D eigenvalue weighted by atomic mass is 16.5. The molecule has 2 atom stereocenters. The number of anilines is 1. The van der Waals surface area contributed by atoms with Gasteiger partial charge in [0.25, 0.3) is 0 Å². The molecule has 4 heteroatoms. The zero-order valence-electron chi connectivity index (χ0n) is 25.5. The van der Waals surface area contributed by atoms with Gasteiger partial charge in [0.15, 0.2) is 0 Å². The quantitative estimate of drug-likeness (QED) is 0.181. The second kappa shape index (κ2) is 14.0. The molecule has 0 bridgehead atoms. The van der Waals surface area contributed by atoms with Gasteiger partial charge in [-0.05, 0) is 66.3 Å². The van der Waals surface area contributed by atoms with Gasteiger partial charge in [-0.25, -0.2) is 0 Å². The lowest BCUT2D eigenvalue weighted by atomic mass is 9.73.